The first-order chi connectivity index (χ1) is 8.69. The Labute approximate surface area is 113 Å². The van der Waals surface area contributed by atoms with E-state index >= 15 is 0 Å². The van der Waals surface area contributed by atoms with Crippen LogP contribution in [-0.4, -0.2) is 23.4 Å². The van der Waals surface area contributed by atoms with Crippen LogP contribution in [-0.2, 0) is 4.79 Å². The average Bonchev–Trinajstić information content (AvgIpc) is 2.27. The molecule has 5 nitrogen and oxygen atoms in total. The van der Waals surface area contributed by atoms with Crippen molar-refractivity contribution >= 4 is 17.5 Å². The first-order valence-corrected chi connectivity index (χ1v) is 6.18. The van der Waals surface area contributed by atoms with Gasteiger partial charge in [0, 0.05) is 16.8 Å². The Bertz CT molecular complexity index is 476. The molecule has 1 aromatic carbocycles. The third kappa shape index (κ3) is 5.09. The molecule has 0 heterocycles. The number of nitrogens with two attached hydrogens (primary N) is 1. The van der Waals surface area contributed by atoms with Gasteiger partial charge in [-0.2, -0.15) is 0 Å². The van der Waals surface area contributed by atoms with Crippen molar-refractivity contribution in [3.05, 3.63) is 29.8 Å². The lowest BCUT2D eigenvalue weighted by Gasteiger charge is -2.20. The second-order valence-electron chi connectivity index (χ2n) is 5.56. The summed E-state index contributed by atoms with van der Waals surface area (Å²) in [5.41, 5.74) is 6.23. The zero-order valence-corrected chi connectivity index (χ0v) is 11.8. The smallest absolute Gasteiger partial charge is 0.251 e. The monoisotopic (exact) mass is 263 g/mol. The van der Waals surface area contributed by atoms with Crippen LogP contribution in [0, 0.1) is 0 Å². The third-order valence-electron chi connectivity index (χ3n) is 2.29. The predicted molar refractivity (Wildman–Crippen MR) is 75.9 cm³/mol. The standard InChI is InChI=1S/C14H21N3O2/c1-9(15)12(18)16-11-7-5-6-10(8-11)13(19)17-14(2,3)4/h5-9H,15H2,1-4H3,(H,16,18)(H,17,19)/t9-/m1/s1. The van der Waals surface area contributed by atoms with E-state index in [1.165, 1.54) is 0 Å². The van der Waals surface area contributed by atoms with Gasteiger partial charge in [-0.3, -0.25) is 9.59 Å². The number of anilines is 1. The highest BCUT2D eigenvalue weighted by atomic mass is 16.2. The number of carbonyl (C=O) groups is 2. The van der Waals surface area contributed by atoms with E-state index < -0.39 is 6.04 Å². The first kappa shape index (κ1) is 15.2. The van der Waals surface area contributed by atoms with E-state index in [0.29, 0.717) is 11.3 Å². The van der Waals surface area contributed by atoms with Crippen LogP contribution in [0.3, 0.4) is 0 Å². The van der Waals surface area contributed by atoms with E-state index in [1.54, 1.807) is 31.2 Å². The lowest BCUT2D eigenvalue weighted by molar-refractivity contribution is -0.117. The number of rotatable bonds is 3. The molecule has 104 valence electrons. The second kappa shape index (κ2) is 5.84. The SMILES string of the molecule is C[C@@H](N)C(=O)Nc1cccc(C(=O)NC(C)(C)C)c1. The molecule has 0 saturated carbocycles. The van der Waals surface area contributed by atoms with E-state index in [0.717, 1.165) is 0 Å². The minimum absolute atomic E-state index is 0.176. The van der Waals surface area contributed by atoms with Gasteiger partial charge in [-0.15, -0.1) is 0 Å². The molecule has 0 fully saturated rings. The second-order valence-corrected chi connectivity index (χ2v) is 5.56. The van der Waals surface area contributed by atoms with Gasteiger partial charge in [-0.1, -0.05) is 6.07 Å². The van der Waals surface area contributed by atoms with Crippen molar-refractivity contribution < 1.29 is 9.59 Å². The van der Waals surface area contributed by atoms with Crippen molar-refractivity contribution in [1.29, 1.82) is 0 Å². The van der Waals surface area contributed by atoms with Crippen LogP contribution in [0.1, 0.15) is 38.1 Å². The molecule has 4 N–H and O–H groups in total. The van der Waals surface area contributed by atoms with E-state index in [2.05, 4.69) is 10.6 Å². The number of nitrogens with one attached hydrogen (secondary N) is 2. The molecule has 0 radical (unpaired) electrons. The lowest BCUT2D eigenvalue weighted by Crippen LogP contribution is -2.40. The third-order valence-corrected chi connectivity index (χ3v) is 2.29. The van der Waals surface area contributed by atoms with Crippen molar-refractivity contribution in [2.45, 2.75) is 39.3 Å². The molecule has 0 aliphatic heterocycles. The summed E-state index contributed by atoms with van der Waals surface area (Å²) < 4.78 is 0. The summed E-state index contributed by atoms with van der Waals surface area (Å²) in [5.74, 6) is -0.460. The Hall–Kier alpha value is -1.88. The van der Waals surface area contributed by atoms with Gasteiger partial charge in [0.15, 0.2) is 0 Å². The molecular weight excluding hydrogens is 242 g/mol. The molecule has 0 unspecified atom stereocenters. The molecular formula is C14H21N3O2. The summed E-state index contributed by atoms with van der Waals surface area (Å²) in [4.78, 5) is 23.5. The van der Waals surface area contributed by atoms with Gasteiger partial charge in [0.2, 0.25) is 5.91 Å². The zero-order valence-electron chi connectivity index (χ0n) is 11.8. The normalized spacial score (nSPS) is 12.7. The quantitative estimate of drug-likeness (QED) is 0.772. The minimum Gasteiger partial charge on any atom is -0.347 e. The van der Waals surface area contributed by atoms with Gasteiger partial charge in [-0.05, 0) is 45.9 Å². The van der Waals surface area contributed by atoms with Gasteiger partial charge < -0.3 is 16.4 Å². The van der Waals surface area contributed by atoms with Crippen LogP contribution >= 0.6 is 0 Å². The molecule has 0 aliphatic rings. The fraction of sp³-hybridized carbons (Fsp3) is 0.429. The summed E-state index contributed by atoms with van der Waals surface area (Å²) in [6.45, 7) is 7.33. The number of hydrogen-bond donors (Lipinski definition) is 3. The van der Waals surface area contributed by atoms with Crippen LogP contribution in [0.15, 0.2) is 24.3 Å². The summed E-state index contributed by atoms with van der Waals surface area (Å²) in [6.07, 6.45) is 0. The Morgan fingerprint density at radius 1 is 1.26 bits per heavy atom. The van der Waals surface area contributed by atoms with Crippen molar-refractivity contribution in [3.63, 3.8) is 0 Å². The summed E-state index contributed by atoms with van der Waals surface area (Å²) in [5, 5.41) is 5.52. The van der Waals surface area contributed by atoms with E-state index in [9.17, 15) is 9.59 Å². The fourth-order valence-electron chi connectivity index (χ4n) is 1.41. The molecule has 0 aliphatic carbocycles. The van der Waals surface area contributed by atoms with Gasteiger partial charge in [0.1, 0.15) is 0 Å². The number of hydrogen-bond acceptors (Lipinski definition) is 3. The Kier molecular flexibility index (Phi) is 4.67. The number of amides is 2. The maximum atomic E-state index is 12.0. The van der Waals surface area contributed by atoms with E-state index in [4.69, 9.17) is 5.73 Å². The Balaban J connectivity index is 2.83. The molecule has 1 aromatic rings. The van der Waals surface area contributed by atoms with Crippen molar-refractivity contribution in [2.24, 2.45) is 5.73 Å². The average molecular weight is 263 g/mol. The minimum atomic E-state index is -0.591. The maximum Gasteiger partial charge on any atom is 0.251 e. The molecule has 19 heavy (non-hydrogen) atoms. The largest absolute Gasteiger partial charge is 0.347 e. The molecule has 1 atom stereocenters. The van der Waals surface area contributed by atoms with E-state index in [1.807, 2.05) is 20.8 Å². The molecule has 2 amide bonds. The molecule has 0 saturated heterocycles. The Morgan fingerprint density at radius 3 is 2.42 bits per heavy atom. The van der Waals surface area contributed by atoms with Crippen LogP contribution in [0.2, 0.25) is 0 Å². The van der Waals surface area contributed by atoms with E-state index in [-0.39, 0.29) is 17.4 Å². The first-order valence-electron chi connectivity index (χ1n) is 6.18. The van der Waals surface area contributed by atoms with Crippen molar-refractivity contribution in [3.8, 4) is 0 Å². The van der Waals surface area contributed by atoms with Crippen molar-refractivity contribution in [1.82, 2.24) is 5.32 Å². The highest BCUT2D eigenvalue weighted by Crippen LogP contribution is 2.12. The highest BCUT2D eigenvalue weighted by molar-refractivity contribution is 5.98. The number of carbonyl (C=O) groups excluding carboxylic acids is 2. The predicted octanol–water partition coefficient (Wildman–Crippen LogP) is 1.50. The Morgan fingerprint density at radius 2 is 1.89 bits per heavy atom. The van der Waals surface area contributed by atoms with Crippen LogP contribution in [0.4, 0.5) is 5.69 Å². The topological polar surface area (TPSA) is 84.2 Å². The highest BCUT2D eigenvalue weighted by Gasteiger charge is 2.16. The van der Waals surface area contributed by atoms with Crippen LogP contribution in [0.25, 0.3) is 0 Å². The van der Waals surface area contributed by atoms with Gasteiger partial charge in [0.25, 0.3) is 5.91 Å². The lowest BCUT2D eigenvalue weighted by atomic mass is 10.1. The molecule has 0 aromatic heterocycles. The zero-order chi connectivity index (χ0) is 14.6. The summed E-state index contributed by atoms with van der Waals surface area (Å²) in [7, 11) is 0. The van der Waals surface area contributed by atoms with Gasteiger partial charge >= 0.3 is 0 Å². The van der Waals surface area contributed by atoms with Crippen LogP contribution < -0.4 is 16.4 Å². The molecule has 5 heteroatoms. The van der Waals surface area contributed by atoms with Gasteiger partial charge in [0.05, 0.1) is 6.04 Å². The van der Waals surface area contributed by atoms with Gasteiger partial charge in [-0.25, -0.2) is 0 Å². The maximum absolute atomic E-state index is 12.0. The van der Waals surface area contributed by atoms with Crippen molar-refractivity contribution in [2.75, 3.05) is 5.32 Å². The number of benzene rings is 1. The van der Waals surface area contributed by atoms with Crippen LogP contribution in [0.5, 0.6) is 0 Å². The molecule has 0 spiro atoms. The summed E-state index contributed by atoms with van der Waals surface area (Å²) in [6, 6.07) is 6.17. The fourth-order valence-corrected chi connectivity index (χ4v) is 1.41. The summed E-state index contributed by atoms with van der Waals surface area (Å²) >= 11 is 0. The molecule has 1 rings (SSSR count). The molecule has 0 bridgehead atoms.